The normalized spacial score (nSPS) is 13.4. The summed E-state index contributed by atoms with van der Waals surface area (Å²) in [5, 5.41) is 6.21. The Balaban J connectivity index is 1.63. The molecule has 0 saturated carbocycles. The molecule has 6 nitrogen and oxygen atoms in total. The number of carbonyl (C=O) groups is 1. The fourth-order valence-electron chi connectivity index (χ4n) is 2.33. The van der Waals surface area contributed by atoms with Gasteiger partial charge in [-0.25, -0.2) is 0 Å². The first kappa shape index (κ1) is 16.1. The van der Waals surface area contributed by atoms with Gasteiger partial charge in [0.25, 0.3) is 5.91 Å². The van der Waals surface area contributed by atoms with E-state index in [1.165, 1.54) is 0 Å². The van der Waals surface area contributed by atoms with Crippen LogP contribution in [0, 0.1) is 0 Å². The molecule has 2 heterocycles. The van der Waals surface area contributed by atoms with E-state index in [0.717, 1.165) is 29.2 Å². The molecular formula is C18H21N3O3. The number of carbonyl (C=O) groups excluding carboxylic acids is 1. The number of benzene rings is 1. The van der Waals surface area contributed by atoms with Crippen molar-refractivity contribution in [2.75, 3.05) is 12.1 Å². The van der Waals surface area contributed by atoms with Gasteiger partial charge in [-0.2, -0.15) is 0 Å². The lowest BCUT2D eigenvalue weighted by atomic mass is 10.2. The van der Waals surface area contributed by atoms with Crippen molar-refractivity contribution in [2.24, 2.45) is 0 Å². The van der Waals surface area contributed by atoms with Crippen LogP contribution in [0.15, 0.2) is 36.7 Å². The zero-order chi connectivity index (χ0) is 16.9. The highest BCUT2D eigenvalue weighted by molar-refractivity contribution is 5.94. The molecule has 3 rings (SSSR count). The molecule has 6 heteroatoms. The van der Waals surface area contributed by atoms with Gasteiger partial charge in [0.2, 0.25) is 6.79 Å². The highest BCUT2D eigenvalue weighted by Gasteiger charge is 2.13. The number of fused-ring (bicyclic) bond motifs is 1. The van der Waals surface area contributed by atoms with E-state index in [1.54, 1.807) is 18.5 Å². The minimum absolute atomic E-state index is 0.108. The maximum absolute atomic E-state index is 12.2. The monoisotopic (exact) mass is 327 g/mol. The van der Waals surface area contributed by atoms with E-state index in [2.05, 4.69) is 15.6 Å². The van der Waals surface area contributed by atoms with Gasteiger partial charge < -0.3 is 20.1 Å². The van der Waals surface area contributed by atoms with Gasteiger partial charge in [-0.15, -0.1) is 0 Å². The van der Waals surface area contributed by atoms with Crippen LogP contribution in [-0.2, 0) is 6.54 Å². The molecule has 1 aromatic carbocycles. The topological polar surface area (TPSA) is 72.5 Å². The first-order valence-corrected chi connectivity index (χ1v) is 8.04. The van der Waals surface area contributed by atoms with Crippen molar-refractivity contribution in [3.05, 3.63) is 47.8 Å². The van der Waals surface area contributed by atoms with E-state index < -0.39 is 0 Å². The van der Waals surface area contributed by atoms with Gasteiger partial charge in [0.05, 0.1) is 11.3 Å². The fraction of sp³-hybridized carbons (Fsp3) is 0.333. The van der Waals surface area contributed by atoms with Gasteiger partial charge in [0, 0.05) is 25.0 Å². The van der Waals surface area contributed by atoms with E-state index in [1.807, 2.05) is 32.0 Å². The molecule has 2 aromatic rings. The molecule has 1 aromatic heterocycles. The van der Waals surface area contributed by atoms with Crippen molar-refractivity contribution in [1.82, 2.24) is 10.3 Å². The predicted molar refractivity (Wildman–Crippen MR) is 91.3 cm³/mol. The number of hydrogen-bond acceptors (Lipinski definition) is 5. The van der Waals surface area contributed by atoms with Crippen LogP contribution in [0.25, 0.3) is 0 Å². The number of hydrogen-bond donors (Lipinski definition) is 2. The third-order valence-electron chi connectivity index (χ3n) is 3.92. The molecule has 1 aliphatic rings. The standard InChI is InChI=1S/C18H21N3O3/c1-3-12(2)21-18(22)14-7-15(10-19-9-14)20-8-13-4-5-16-17(6-13)24-11-23-16/h4-7,9-10,12,20H,3,8,11H2,1-2H3,(H,21,22). The van der Waals surface area contributed by atoms with Gasteiger partial charge in [-0.05, 0) is 37.1 Å². The largest absolute Gasteiger partial charge is 0.454 e. The Bertz CT molecular complexity index is 733. The Labute approximate surface area is 141 Å². The summed E-state index contributed by atoms with van der Waals surface area (Å²) in [6.45, 7) is 4.89. The Kier molecular flexibility index (Phi) is 4.84. The fourth-order valence-corrected chi connectivity index (χ4v) is 2.33. The van der Waals surface area contributed by atoms with Crippen LogP contribution in [0.2, 0.25) is 0 Å². The van der Waals surface area contributed by atoms with Crippen LogP contribution in [-0.4, -0.2) is 23.7 Å². The second-order valence-electron chi connectivity index (χ2n) is 5.79. The molecule has 0 radical (unpaired) electrons. The number of nitrogens with one attached hydrogen (secondary N) is 2. The third-order valence-corrected chi connectivity index (χ3v) is 3.92. The predicted octanol–water partition coefficient (Wildman–Crippen LogP) is 2.95. The first-order chi connectivity index (χ1) is 11.7. The molecule has 1 amide bonds. The highest BCUT2D eigenvalue weighted by atomic mass is 16.7. The summed E-state index contributed by atoms with van der Waals surface area (Å²) < 4.78 is 10.7. The highest BCUT2D eigenvalue weighted by Crippen LogP contribution is 2.32. The minimum Gasteiger partial charge on any atom is -0.454 e. The van der Waals surface area contributed by atoms with E-state index in [9.17, 15) is 4.79 Å². The van der Waals surface area contributed by atoms with Crippen LogP contribution in [0.5, 0.6) is 11.5 Å². The molecule has 0 bridgehead atoms. The number of amides is 1. The smallest absolute Gasteiger partial charge is 0.253 e. The number of rotatable bonds is 6. The van der Waals surface area contributed by atoms with E-state index >= 15 is 0 Å². The van der Waals surface area contributed by atoms with Crippen molar-refractivity contribution >= 4 is 11.6 Å². The van der Waals surface area contributed by atoms with Crippen LogP contribution in [0.3, 0.4) is 0 Å². The molecular weight excluding hydrogens is 306 g/mol. The minimum atomic E-state index is -0.108. The van der Waals surface area contributed by atoms with Crippen molar-refractivity contribution < 1.29 is 14.3 Å². The summed E-state index contributed by atoms with van der Waals surface area (Å²) in [6.07, 6.45) is 4.16. The molecule has 1 aliphatic heterocycles. The molecule has 2 N–H and O–H groups in total. The molecule has 1 unspecified atom stereocenters. The average molecular weight is 327 g/mol. The molecule has 126 valence electrons. The lowest BCUT2D eigenvalue weighted by Gasteiger charge is -2.12. The van der Waals surface area contributed by atoms with Crippen molar-refractivity contribution in [2.45, 2.75) is 32.9 Å². The van der Waals surface area contributed by atoms with E-state index in [0.29, 0.717) is 12.1 Å². The van der Waals surface area contributed by atoms with Crippen molar-refractivity contribution in [3.63, 3.8) is 0 Å². The average Bonchev–Trinajstić information content (AvgIpc) is 3.07. The molecule has 0 spiro atoms. The van der Waals surface area contributed by atoms with Crippen LogP contribution < -0.4 is 20.1 Å². The number of anilines is 1. The lowest BCUT2D eigenvalue weighted by molar-refractivity contribution is 0.0939. The lowest BCUT2D eigenvalue weighted by Crippen LogP contribution is -2.32. The SMILES string of the molecule is CCC(C)NC(=O)c1cncc(NCc2ccc3c(c2)OCO3)c1. The van der Waals surface area contributed by atoms with Crippen LogP contribution in [0.4, 0.5) is 5.69 Å². The Morgan fingerprint density at radius 3 is 2.92 bits per heavy atom. The summed E-state index contributed by atoms with van der Waals surface area (Å²) in [5.41, 5.74) is 2.41. The van der Waals surface area contributed by atoms with Crippen molar-refractivity contribution in [1.29, 1.82) is 0 Å². The van der Waals surface area contributed by atoms with Gasteiger partial charge in [-0.3, -0.25) is 9.78 Å². The zero-order valence-corrected chi connectivity index (χ0v) is 13.8. The zero-order valence-electron chi connectivity index (χ0n) is 13.8. The Morgan fingerprint density at radius 2 is 2.08 bits per heavy atom. The summed E-state index contributed by atoms with van der Waals surface area (Å²) >= 11 is 0. The van der Waals surface area contributed by atoms with Gasteiger partial charge >= 0.3 is 0 Å². The molecule has 0 fully saturated rings. The molecule has 0 saturated heterocycles. The van der Waals surface area contributed by atoms with Crippen LogP contribution >= 0.6 is 0 Å². The van der Waals surface area contributed by atoms with E-state index in [-0.39, 0.29) is 18.7 Å². The summed E-state index contributed by atoms with van der Waals surface area (Å²) in [4.78, 5) is 16.3. The van der Waals surface area contributed by atoms with Crippen molar-refractivity contribution in [3.8, 4) is 11.5 Å². The third kappa shape index (κ3) is 3.76. The first-order valence-electron chi connectivity index (χ1n) is 8.04. The summed E-state index contributed by atoms with van der Waals surface area (Å²) in [7, 11) is 0. The molecule has 0 aliphatic carbocycles. The number of aromatic nitrogens is 1. The van der Waals surface area contributed by atoms with E-state index in [4.69, 9.17) is 9.47 Å². The molecule has 24 heavy (non-hydrogen) atoms. The van der Waals surface area contributed by atoms with Gasteiger partial charge in [0.15, 0.2) is 11.5 Å². The van der Waals surface area contributed by atoms with Gasteiger partial charge in [-0.1, -0.05) is 13.0 Å². The number of ether oxygens (including phenoxy) is 2. The Morgan fingerprint density at radius 1 is 1.25 bits per heavy atom. The Hall–Kier alpha value is -2.76. The van der Waals surface area contributed by atoms with Gasteiger partial charge in [0.1, 0.15) is 0 Å². The maximum Gasteiger partial charge on any atom is 0.253 e. The summed E-state index contributed by atoms with van der Waals surface area (Å²) in [5.74, 6) is 1.42. The molecule has 1 atom stereocenters. The summed E-state index contributed by atoms with van der Waals surface area (Å²) in [6, 6.07) is 7.77. The maximum atomic E-state index is 12.2. The second kappa shape index (κ2) is 7.21. The number of nitrogens with zero attached hydrogens (tertiary/aromatic N) is 1. The quantitative estimate of drug-likeness (QED) is 0.853. The van der Waals surface area contributed by atoms with Crippen LogP contribution in [0.1, 0.15) is 36.2 Å². The second-order valence-corrected chi connectivity index (χ2v) is 5.79. The number of pyridine rings is 1.